The molecule has 2 aromatic carbocycles. The van der Waals surface area contributed by atoms with Gasteiger partial charge in [-0.25, -0.2) is 0 Å². The summed E-state index contributed by atoms with van der Waals surface area (Å²) in [5.41, 5.74) is 1.51. The third kappa shape index (κ3) is 9.74. The number of hydrogen-bond donors (Lipinski definition) is 0. The number of hydrogen-bond acceptors (Lipinski definition) is 3. The van der Waals surface area contributed by atoms with E-state index in [2.05, 4.69) is 42.5 Å². The average Bonchev–Trinajstić information content (AvgIpc) is 2.80. The van der Waals surface area contributed by atoms with Gasteiger partial charge in [-0.15, -0.1) is 0 Å². The van der Waals surface area contributed by atoms with E-state index in [1.54, 1.807) is 0 Å². The van der Waals surface area contributed by atoms with Gasteiger partial charge in [0.15, 0.2) is 0 Å². The second-order valence-corrected chi connectivity index (χ2v) is 11.4. The second kappa shape index (κ2) is 16.4. The highest BCUT2D eigenvalue weighted by atomic mass is 28.4. The number of unbranched alkanes of at least 4 members (excludes halogenated alkanes) is 9. The maximum Gasteiger partial charge on any atom is 0.500 e. The first-order chi connectivity index (χ1) is 15.7. The summed E-state index contributed by atoms with van der Waals surface area (Å²) in [6, 6.07) is 16.4. The smallest absolute Gasteiger partial charge is 0.374 e. The predicted molar refractivity (Wildman–Crippen MR) is 139 cm³/mol. The Morgan fingerprint density at radius 3 is 1.66 bits per heavy atom. The molecule has 2 rings (SSSR count). The Labute approximate surface area is 198 Å². The number of rotatable bonds is 19. The van der Waals surface area contributed by atoms with E-state index in [4.69, 9.17) is 13.3 Å². The SMILES string of the molecule is CCO[Si](CCCCCCCCCCCCc1cccc2ccccc12)(OCC)OCC. The topological polar surface area (TPSA) is 27.7 Å². The Kier molecular flexibility index (Phi) is 13.9. The molecule has 0 fully saturated rings. The summed E-state index contributed by atoms with van der Waals surface area (Å²) in [5.74, 6) is 0. The first kappa shape index (κ1) is 27.0. The fourth-order valence-electron chi connectivity index (χ4n) is 4.58. The molecule has 2 aromatic rings. The van der Waals surface area contributed by atoms with Gasteiger partial charge in [-0.3, -0.25) is 0 Å². The van der Waals surface area contributed by atoms with Crippen LogP contribution in [0.3, 0.4) is 0 Å². The Hall–Kier alpha value is -1.20. The molecule has 0 heterocycles. The summed E-state index contributed by atoms with van der Waals surface area (Å²) >= 11 is 0. The van der Waals surface area contributed by atoms with Gasteiger partial charge in [0.2, 0.25) is 0 Å². The summed E-state index contributed by atoms with van der Waals surface area (Å²) in [4.78, 5) is 0. The maximum absolute atomic E-state index is 5.95. The van der Waals surface area contributed by atoms with E-state index in [0.717, 1.165) is 12.5 Å². The second-order valence-electron chi connectivity index (χ2n) is 8.66. The van der Waals surface area contributed by atoms with Crippen molar-refractivity contribution in [3.63, 3.8) is 0 Å². The van der Waals surface area contributed by atoms with E-state index in [-0.39, 0.29) is 0 Å². The van der Waals surface area contributed by atoms with Gasteiger partial charge in [0.25, 0.3) is 0 Å². The van der Waals surface area contributed by atoms with E-state index in [1.165, 1.54) is 80.5 Å². The molecule has 0 atom stereocenters. The highest BCUT2D eigenvalue weighted by Gasteiger charge is 2.39. The number of fused-ring (bicyclic) bond motifs is 1. The van der Waals surface area contributed by atoms with Crippen molar-refractivity contribution in [3.05, 3.63) is 48.0 Å². The third-order valence-corrected chi connectivity index (χ3v) is 9.30. The van der Waals surface area contributed by atoms with E-state index in [9.17, 15) is 0 Å². The monoisotopic (exact) mass is 458 g/mol. The summed E-state index contributed by atoms with van der Waals surface area (Å²) in [6.07, 6.45) is 14.4. The summed E-state index contributed by atoms with van der Waals surface area (Å²) < 4.78 is 17.8. The summed E-state index contributed by atoms with van der Waals surface area (Å²) in [5, 5.41) is 2.80. The zero-order valence-corrected chi connectivity index (χ0v) is 21.9. The first-order valence-corrected chi connectivity index (χ1v) is 15.1. The zero-order chi connectivity index (χ0) is 22.9. The maximum atomic E-state index is 5.95. The van der Waals surface area contributed by atoms with Crippen molar-refractivity contribution in [3.8, 4) is 0 Å². The molecule has 0 saturated heterocycles. The lowest BCUT2D eigenvalue weighted by Crippen LogP contribution is -2.45. The van der Waals surface area contributed by atoms with E-state index >= 15 is 0 Å². The van der Waals surface area contributed by atoms with Crippen molar-refractivity contribution < 1.29 is 13.3 Å². The first-order valence-electron chi connectivity index (χ1n) is 13.1. The van der Waals surface area contributed by atoms with Crippen LogP contribution in [0.4, 0.5) is 0 Å². The molecule has 4 heteroatoms. The van der Waals surface area contributed by atoms with E-state index in [0.29, 0.717) is 19.8 Å². The largest absolute Gasteiger partial charge is 0.500 e. The molecule has 0 radical (unpaired) electrons. The molecule has 0 amide bonds. The fraction of sp³-hybridized carbons (Fsp3) is 0.643. The summed E-state index contributed by atoms with van der Waals surface area (Å²) in [7, 11) is -2.43. The van der Waals surface area contributed by atoms with Crippen LogP contribution in [0.1, 0.15) is 90.5 Å². The Balaban J connectivity index is 1.48. The molecule has 0 aliphatic carbocycles. The van der Waals surface area contributed by atoms with Gasteiger partial charge in [0, 0.05) is 25.9 Å². The van der Waals surface area contributed by atoms with Crippen molar-refractivity contribution in [1.82, 2.24) is 0 Å². The Morgan fingerprint density at radius 1 is 0.562 bits per heavy atom. The van der Waals surface area contributed by atoms with Gasteiger partial charge in [0.1, 0.15) is 0 Å². The molecular formula is C28H46O3Si. The van der Waals surface area contributed by atoms with Gasteiger partial charge < -0.3 is 13.3 Å². The lowest BCUT2D eigenvalue weighted by molar-refractivity contribution is 0.0706. The molecule has 0 spiro atoms. The van der Waals surface area contributed by atoms with Crippen molar-refractivity contribution in [1.29, 1.82) is 0 Å². The van der Waals surface area contributed by atoms with Crippen LogP contribution in [-0.4, -0.2) is 28.6 Å². The lowest BCUT2D eigenvalue weighted by Gasteiger charge is -2.28. The van der Waals surface area contributed by atoms with Crippen molar-refractivity contribution in [2.45, 2.75) is 97.4 Å². The number of aryl methyl sites for hydroxylation is 1. The van der Waals surface area contributed by atoms with E-state index < -0.39 is 8.80 Å². The highest BCUT2D eigenvalue weighted by molar-refractivity contribution is 6.60. The summed E-state index contributed by atoms with van der Waals surface area (Å²) in [6.45, 7) is 8.12. The van der Waals surface area contributed by atoms with Gasteiger partial charge in [-0.2, -0.15) is 0 Å². The fourth-order valence-corrected chi connectivity index (χ4v) is 7.27. The predicted octanol–water partition coefficient (Wildman–Crippen LogP) is 8.33. The van der Waals surface area contributed by atoms with Gasteiger partial charge in [-0.1, -0.05) is 93.8 Å². The molecule has 32 heavy (non-hydrogen) atoms. The van der Waals surface area contributed by atoms with Crippen molar-refractivity contribution in [2.75, 3.05) is 19.8 Å². The van der Waals surface area contributed by atoms with Crippen molar-refractivity contribution in [2.24, 2.45) is 0 Å². The standard InChI is InChI=1S/C28H46O3Si/c1-4-29-32(30-5-2,31-6-3)25-18-14-12-10-8-7-9-11-13-15-20-26-22-19-23-27-21-16-17-24-28(26)27/h16-17,19,21-24H,4-15,18,20,25H2,1-3H3. The lowest BCUT2D eigenvalue weighted by atomic mass is 9.99. The van der Waals surface area contributed by atoms with Crippen LogP contribution in [0.15, 0.2) is 42.5 Å². The molecule has 0 N–H and O–H groups in total. The Bertz CT molecular complexity index is 711. The third-order valence-electron chi connectivity index (χ3n) is 6.15. The zero-order valence-electron chi connectivity index (χ0n) is 20.9. The minimum Gasteiger partial charge on any atom is -0.374 e. The molecule has 0 saturated carbocycles. The normalized spacial score (nSPS) is 12.0. The van der Waals surface area contributed by atoms with Gasteiger partial charge in [0.05, 0.1) is 0 Å². The Morgan fingerprint density at radius 2 is 1.06 bits per heavy atom. The van der Waals surface area contributed by atoms with E-state index in [1.807, 2.05) is 20.8 Å². The van der Waals surface area contributed by atoms with Gasteiger partial charge >= 0.3 is 8.80 Å². The molecule has 0 aliphatic heterocycles. The van der Waals surface area contributed by atoms with Crippen molar-refractivity contribution >= 4 is 19.6 Å². The van der Waals surface area contributed by atoms with Crippen LogP contribution in [0.2, 0.25) is 6.04 Å². The highest BCUT2D eigenvalue weighted by Crippen LogP contribution is 2.22. The molecule has 3 nitrogen and oxygen atoms in total. The van der Waals surface area contributed by atoms with Crippen LogP contribution in [0.25, 0.3) is 10.8 Å². The molecule has 0 aromatic heterocycles. The van der Waals surface area contributed by atoms with Crippen LogP contribution in [-0.2, 0) is 19.7 Å². The minimum absolute atomic E-state index is 0.675. The van der Waals surface area contributed by atoms with Crippen LogP contribution in [0, 0.1) is 0 Å². The quantitative estimate of drug-likeness (QED) is 0.156. The minimum atomic E-state index is -2.43. The van der Waals surface area contributed by atoms with Gasteiger partial charge in [-0.05, 0) is 56.4 Å². The van der Waals surface area contributed by atoms with Crippen LogP contribution < -0.4 is 0 Å². The van der Waals surface area contributed by atoms with Crippen LogP contribution >= 0.6 is 0 Å². The average molecular weight is 459 g/mol. The molecule has 180 valence electrons. The number of benzene rings is 2. The molecule has 0 aliphatic rings. The molecule has 0 unspecified atom stereocenters. The molecule has 0 bridgehead atoms. The van der Waals surface area contributed by atoms with Crippen LogP contribution in [0.5, 0.6) is 0 Å². The molecular weight excluding hydrogens is 412 g/mol.